The fourth-order valence-electron chi connectivity index (χ4n) is 4.89. The van der Waals surface area contributed by atoms with Crippen LogP contribution in [0.15, 0.2) is 72.9 Å². The van der Waals surface area contributed by atoms with E-state index in [1.807, 2.05) is 75.4 Å². The van der Waals surface area contributed by atoms with Crippen molar-refractivity contribution in [2.75, 3.05) is 49.8 Å². The molecule has 46 heavy (non-hydrogen) atoms. The van der Waals surface area contributed by atoms with Gasteiger partial charge in [0.1, 0.15) is 11.5 Å². The molecule has 0 aliphatic rings. The van der Waals surface area contributed by atoms with Crippen molar-refractivity contribution in [3.8, 4) is 17.2 Å². The Kier molecular flexibility index (Phi) is 11.2. The number of rotatable bonds is 11. The van der Waals surface area contributed by atoms with Crippen molar-refractivity contribution >= 4 is 46.0 Å². The van der Waals surface area contributed by atoms with E-state index in [1.165, 1.54) is 14.2 Å². The third-order valence-electron chi connectivity index (χ3n) is 7.49. The van der Waals surface area contributed by atoms with E-state index in [0.29, 0.717) is 34.3 Å². The number of ether oxygens (including phenoxy) is 3. The maximum atomic E-state index is 13.4. The normalized spacial score (nSPS) is 11.5. The number of nitrogens with zero attached hydrogens (tertiary/aromatic N) is 2. The number of aromatic nitrogens is 1. The van der Waals surface area contributed by atoms with Crippen molar-refractivity contribution in [3.05, 3.63) is 84.2 Å². The third kappa shape index (κ3) is 8.54. The van der Waals surface area contributed by atoms with Gasteiger partial charge in [0.05, 0.1) is 37.0 Å². The van der Waals surface area contributed by atoms with Crippen LogP contribution in [0.25, 0.3) is 16.8 Å². The number of carbonyl (C=O) groups is 2. The molecule has 0 radical (unpaired) electrons. The molecule has 4 rings (SSSR count). The third-order valence-corrected chi connectivity index (χ3v) is 7.49. The summed E-state index contributed by atoms with van der Waals surface area (Å²) in [6, 6.07) is 18.2. The van der Waals surface area contributed by atoms with E-state index in [2.05, 4.69) is 45.8 Å². The highest BCUT2D eigenvalue weighted by molar-refractivity contribution is 6.08. The van der Waals surface area contributed by atoms with Crippen molar-refractivity contribution < 1.29 is 23.8 Å². The predicted molar refractivity (Wildman–Crippen MR) is 185 cm³/mol. The van der Waals surface area contributed by atoms with E-state index < -0.39 is 12.1 Å². The molecule has 3 N–H and O–H groups in total. The number of methoxy groups -OCH3 is 2. The van der Waals surface area contributed by atoms with E-state index in [4.69, 9.17) is 14.2 Å². The Labute approximate surface area is 270 Å². The largest absolute Gasteiger partial charge is 0.492 e. The average molecular weight is 626 g/mol. The average Bonchev–Trinajstić information content (AvgIpc) is 3.04. The highest BCUT2D eigenvalue weighted by Crippen LogP contribution is 2.39. The highest BCUT2D eigenvalue weighted by atomic mass is 16.5. The number of fused-ring (bicyclic) bond motifs is 1. The van der Waals surface area contributed by atoms with Gasteiger partial charge in [-0.2, -0.15) is 0 Å². The summed E-state index contributed by atoms with van der Waals surface area (Å²) in [5.74, 6) is 1.59. The first kappa shape index (κ1) is 33.8. The molecule has 0 bridgehead atoms. The zero-order chi connectivity index (χ0) is 33.3. The summed E-state index contributed by atoms with van der Waals surface area (Å²) in [6.07, 6.45) is 5.17. The molecule has 0 aliphatic heterocycles. The van der Waals surface area contributed by atoms with Gasteiger partial charge in [0.25, 0.3) is 0 Å². The van der Waals surface area contributed by atoms with Crippen LogP contribution in [0.4, 0.5) is 26.7 Å². The van der Waals surface area contributed by atoms with Crippen LogP contribution in [-0.4, -0.2) is 55.9 Å². The number of benzene rings is 3. The van der Waals surface area contributed by atoms with E-state index in [-0.39, 0.29) is 5.41 Å². The molecule has 0 aliphatic carbocycles. The second-order valence-corrected chi connectivity index (χ2v) is 11.6. The minimum Gasteiger partial charge on any atom is -0.492 e. The van der Waals surface area contributed by atoms with Crippen molar-refractivity contribution in [1.82, 2.24) is 9.88 Å². The fourth-order valence-corrected chi connectivity index (χ4v) is 4.89. The lowest BCUT2D eigenvalue weighted by molar-refractivity contribution is 0.187. The van der Waals surface area contributed by atoms with Crippen LogP contribution in [0.2, 0.25) is 0 Å². The summed E-state index contributed by atoms with van der Waals surface area (Å²) in [5, 5.41) is 10.2. The van der Waals surface area contributed by atoms with Crippen molar-refractivity contribution in [2.45, 2.75) is 40.0 Å². The molecule has 0 atom stereocenters. The molecule has 0 saturated carbocycles. The number of hydrogen-bond acceptors (Lipinski definition) is 7. The van der Waals surface area contributed by atoms with Crippen LogP contribution in [0.1, 0.15) is 45.9 Å². The maximum Gasteiger partial charge on any atom is 0.411 e. The first-order valence-corrected chi connectivity index (χ1v) is 15.3. The fraction of sp³-hybridized carbons (Fsp3) is 0.306. The zero-order valence-electron chi connectivity index (χ0n) is 27.6. The summed E-state index contributed by atoms with van der Waals surface area (Å²) < 4.78 is 16.7. The minimum atomic E-state index is -0.650. The van der Waals surface area contributed by atoms with Gasteiger partial charge in [-0.05, 0) is 60.5 Å². The Hall–Kier alpha value is -5.09. The Morgan fingerprint density at radius 2 is 1.54 bits per heavy atom. The number of anilines is 3. The summed E-state index contributed by atoms with van der Waals surface area (Å²) in [4.78, 5) is 32.2. The number of amides is 3. The molecule has 3 amide bonds. The summed E-state index contributed by atoms with van der Waals surface area (Å²) in [7, 11) is 2.75. The van der Waals surface area contributed by atoms with E-state index >= 15 is 0 Å². The van der Waals surface area contributed by atoms with Gasteiger partial charge >= 0.3 is 12.1 Å². The van der Waals surface area contributed by atoms with Crippen LogP contribution < -0.4 is 25.4 Å². The minimum absolute atomic E-state index is 0.283. The number of likely N-dealkylation sites (N-methyl/N-ethyl adjacent to an activating group) is 1. The predicted octanol–water partition coefficient (Wildman–Crippen LogP) is 8.51. The molecule has 3 aromatic carbocycles. The van der Waals surface area contributed by atoms with Crippen LogP contribution in [0, 0.1) is 0 Å². The van der Waals surface area contributed by atoms with E-state index in [0.717, 1.165) is 41.7 Å². The SMILES string of the molecule is CCN(CC)C/C=C/c1cc(Oc2ccc(NC(=O)Nc3cc(C(C)(C)C)cc(NC(=O)OC)c3OC)c3ccccc23)ccn1. The van der Waals surface area contributed by atoms with Gasteiger partial charge in [-0.1, -0.05) is 65.0 Å². The Morgan fingerprint density at radius 1 is 0.870 bits per heavy atom. The molecule has 4 aromatic rings. The summed E-state index contributed by atoms with van der Waals surface area (Å²) in [6.45, 7) is 13.2. The maximum absolute atomic E-state index is 13.4. The van der Waals surface area contributed by atoms with Crippen LogP contribution in [-0.2, 0) is 10.2 Å². The molecule has 242 valence electrons. The number of pyridine rings is 1. The molecule has 0 fully saturated rings. The Balaban J connectivity index is 1.58. The highest BCUT2D eigenvalue weighted by Gasteiger charge is 2.22. The van der Waals surface area contributed by atoms with Gasteiger partial charge in [-0.15, -0.1) is 0 Å². The van der Waals surface area contributed by atoms with Gasteiger partial charge in [-0.25, -0.2) is 9.59 Å². The Bertz CT molecular complexity index is 1710. The second kappa shape index (κ2) is 15.3. The van der Waals surface area contributed by atoms with Gasteiger partial charge in [0.2, 0.25) is 0 Å². The van der Waals surface area contributed by atoms with Crippen molar-refractivity contribution in [3.63, 3.8) is 0 Å². The topological polar surface area (TPSA) is 114 Å². The first-order chi connectivity index (χ1) is 22.1. The number of hydrogen-bond donors (Lipinski definition) is 3. The van der Waals surface area contributed by atoms with Crippen LogP contribution in [0.5, 0.6) is 17.2 Å². The lowest BCUT2D eigenvalue weighted by Gasteiger charge is -2.24. The van der Waals surface area contributed by atoms with E-state index in [9.17, 15) is 9.59 Å². The van der Waals surface area contributed by atoms with Crippen molar-refractivity contribution in [1.29, 1.82) is 0 Å². The smallest absolute Gasteiger partial charge is 0.411 e. The van der Waals surface area contributed by atoms with Crippen LogP contribution in [0.3, 0.4) is 0 Å². The summed E-state index contributed by atoms with van der Waals surface area (Å²) >= 11 is 0. The molecule has 0 saturated heterocycles. The quantitative estimate of drug-likeness (QED) is 0.153. The lowest BCUT2D eigenvalue weighted by atomic mass is 9.86. The van der Waals surface area contributed by atoms with Gasteiger partial charge in [0.15, 0.2) is 5.75 Å². The molecule has 1 aromatic heterocycles. The first-order valence-electron chi connectivity index (χ1n) is 15.3. The molecule has 0 unspecified atom stereocenters. The second-order valence-electron chi connectivity index (χ2n) is 11.6. The zero-order valence-corrected chi connectivity index (χ0v) is 27.6. The summed E-state index contributed by atoms with van der Waals surface area (Å²) in [5.41, 5.74) is 2.76. The molecule has 1 heterocycles. The number of nitrogens with one attached hydrogen (secondary N) is 3. The standard InChI is InChI=1S/C36H43N5O5/c1-8-41(9-2)20-12-13-25-23-26(18-19-37-25)46-32-17-16-29(27-14-10-11-15-28(27)32)38-34(42)39-30-21-24(36(3,4)5)22-31(33(30)44-6)40-35(43)45-7/h10-19,21-23H,8-9,20H2,1-7H3,(H,40,43)(H2,38,39,42)/b13-12+. The monoisotopic (exact) mass is 625 g/mol. The van der Waals surface area contributed by atoms with Crippen molar-refractivity contribution in [2.24, 2.45) is 0 Å². The molecule has 0 spiro atoms. The Morgan fingerprint density at radius 3 is 2.20 bits per heavy atom. The van der Waals surface area contributed by atoms with Gasteiger partial charge in [-0.3, -0.25) is 10.3 Å². The molecular weight excluding hydrogens is 582 g/mol. The molecular formula is C36H43N5O5. The molecule has 10 heteroatoms. The number of carbonyl (C=O) groups excluding carboxylic acids is 2. The molecule has 10 nitrogen and oxygen atoms in total. The van der Waals surface area contributed by atoms with E-state index in [1.54, 1.807) is 18.3 Å². The van der Waals surface area contributed by atoms with Crippen LogP contribution >= 0.6 is 0 Å². The number of urea groups is 1. The lowest BCUT2D eigenvalue weighted by Crippen LogP contribution is -2.22. The van der Waals surface area contributed by atoms with Gasteiger partial charge < -0.3 is 29.7 Å². The van der Waals surface area contributed by atoms with Gasteiger partial charge in [0, 0.05) is 29.6 Å².